The summed E-state index contributed by atoms with van der Waals surface area (Å²) in [5, 5.41) is 16.1. The lowest BCUT2D eigenvalue weighted by Gasteiger charge is -2.09. The summed E-state index contributed by atoms with van der Waals surface area (Å²) in [6.45, 7) is 0.0957. The molecule has 1 aliphatic carbocycles. The van der Waals surface area contributed by atoms with Crippen molar-refractivity contribution in [2.75, 3.05) is 19.4 Å². The van der Waals surface area contributed by atoms with Crippen molar-refractivity contribution in [3.8, 4) is 0 Å². The van der Waals surface area contributed by atoms with Crippen LogP contribution in [0.25, 0.3) is 16.7 Å². The maximum Gasteiger partial charge on any atom is 0.272 e. The number of hydrogen-bond donors (Lipinski definition) is 5. The van der Waals surface area contributed by atoms with Gasteiger partial charge in [-0.15, -0.1) is 0 Å². The summed E-state index contributed by atoms with van der Waals surface area (Å²) in [7, 11) is 3.39. The number of allylic oxidation sites excluding steroid dienone is 1. The van der Waals surface area contributed by atoms with Gasteiger partial charge in [0.15, 0.2) is 11.3 Å². The fourth-order valence-corrected chi connectivity index (χ4v) is 4.13. The van der Waals surface area contributed by atoms with Crippen molar-refractivity contribution < 1.29 is 9.18 Å². The minimum Gasteiger partial charge on any atom is -0.393 e. The molecule has 0 spiro atoms. The van der Waals surface area contributed by atoms with Crippen LogP contribution < -0.4 is 16.0 Å². The fourth-order valence-electron chi connectivity index (χ4n) is 4.13. The molecule has 0 atom stereocenters. The molecule has 0 saturated heterocycles. The van der Waals surface area contributed by atoms with E-state index in [9.17, 15) is 9.18 Å². The lowest BCUT2D eigenvalue weighted by atomic mass is 10.0. The number of halogens is 1. The summed E-state index contributed by atoms with van der Waals surface area (Å²) in [4.78, 5) is 29.7. The number of nitrogens with one attached hydrogen (secondary N) is 5. The van der Waals surface area contributed by atoms with Crippen molar-refractivity contribution in [2.24, 2.45) is 0 Å². The van der Waals surface area contributed by atoms with E-state index >= 15 is 0 Å². The topological polar surface area (TPSA) is 131 Å². The van der Waals surface area contributed by atoms with Gasteiger partial charge in [0, 0.05) is 44.5 Å². The number of benzene rings is 1. The number of fused-ring (bicyclic) bond motifs is 1. The molecule has 33 heavy (non-hydrogen) atoms. The highest BCUT2D eigenvalue weighted by Crippen LogP contribution is 2.33. The van der Waals surface area contributed by atoms with Crippen molar-refractivity contribution in [3.05, 3.63) is 52.9 Å². The number of amides is 1. The molecule has 0 radical (unpaired) electrons. The first kappa shape index (κ1) is 22.4. The highest BCUT2D eigenvalue weighted by Gasteiger charge is 2.24. The Labute approximate surface area is 190 Å². The number of aromatic nitrogens is 4. The molecule has 0 bridgehead atoms. The molecule has 172 valence electrons. The van der Waals surface area contributed by atoms with Gasteiger partial charge in [0.2, 0.25) is 5.95 Å². The largest absolute Gasteiger partial charge is 0.393 e. The van der Waals surface area contributed by atoms with E-state index in [1.54, 1.807) is 26.4 Å². The summed E-state index contributed by atoms with van der Waals surface area (Å²) in [5.41, 5.74) is 2.77. The molecule has 3 aromatic rings. The number of nitrogens with zero attached hydrogens (tertiary/aromatic N) is 3. The summed E-state index contributed by atoms with van der Waals surface area (Å²) < 4.78 is 14.2. The van der Waals surface area contributed by atoms with Crippen molar-refractivity contribution >= 4 is 34.8 Å². The third-order valence-electron chi connectivity index (χ3n) is 5.75. The SMILES string of the molecule is CN/C=C(\C=N)c1cc(F)cc(CNC(=O)c2nc(NC)nc3nc(C4CCCC4)[nH]c23)c1. The molecule has 1 aliphatic rings. The third kappa shape index (κ3) is 4.84. The number of hydrogen-bond acceptors (Lipinski definition) is 7. The summed E-state index contributed by atoms with van der Waals surface area (Å²) >= 11 is 0. The van der Waals surface area contributed by atoms with Crippen LogP contribution >= 0.6 is 0 Å². The first-order valence-electron chi connectivity index (χ1n) is 10.9. The van der Waals surface area contributed by atoms with E-state index in [4.69, 9.17) is 5.41 Å². The molecule has 9 nitrogen and oxygen atoms in total. The van der Waals surface area contributed by atoms with Crippen LogP contribution in [0.5, 0.6) is 0 Å². The van der Waals surface area contributed by atoms with Gasteiger partial charge in [-0.2, -0.15) is 4.98 Å². The second-order valence-corrected chi connectivity index (χ2v) is 8.01. The van der Waals surface area contributed by atoms with Crippen LogP contribution in [0.4, 0.5) is 10.3 Å². The standard InChI is InChI=1S/C23H27FN8O/c1-26-12-16(10-25)15-7-13(8-17(24)9-15)11-28-22(33)19-18-21(32-23(27-2)30-19)31-20(29-18)14-5-3-4-6-14/h7-10,12,14,25-26H,3-6,11H2,1-2H3,(H,28,33)(H2,27,29,30,31,32)/b16-12+,25-10?. The molecule has 1 fully saturated rings. The zero-order chi connectivity index (χ0) is 23.4. The van der Waals surface area contributed by atoms with E-state index in [0.717, 1.165) is 24.9 Å². The van der Waals surface area contributed by atoms with Gasteiger partial charge in [0.1, 0.15) is 17.2 Å². The van der Waals surface area contributed by atoms with Crippen LogP contribution in [0.1, 0.15) is 59.0 Å². The maximum absolute atomic E-state index is 14.2. The van der Waals surface area contributed by atoms with Crippen molar-refractivity contribution in [3.63, 3.8) is 0 Å². The maximum atomic E-state index is 14.2. The number of imidazole rings is 1. The predicted octanol–water partition coefficient (Wildman–Crippen LogP) is 3.33. The third-order valence-corrected chi connectivity index (χ3v) is 5.75. The lowest BCUT2D eigenvalue weighted by molar-refractivity contribution is 0.0947. The first-order chi connectivity index (χ1) is 16.0. The van der Waals surface area contributed by atoms with Crippen LogP contribution in [-0.4, -0.2) is 46.2 Å². The monoisotopic (exact) mass is 450 g/mol. The van der Waals surface area contributed by atoms with Crippen molar-refractivity contribution in [2.45, 2.75) is 38.1 Å². The minimum atomic E-state index is -0.447. The molecule has 1 aromatic carbocycles. The lowest BCUT2D eigenvalue weighted by Crippen LogP contribution is -2.25. The van der Waals surface area contributed by atoms with Crippen molar-refractivity contribution in [1.82, 2.24) is 30.6 Å². The second-order valence-electron chi connectivity index (χ2n) is 8.01. The second kappa shape index (κ2) is 9.76. The van der Waals surface area contributed by atoms with Crippen LogP contribution in [-0.2, 0) is 6.54 Å². The normalized spacial score (nSPS) is 14.5. The van der Waals surface area contributed by atoms with Crippen LogP contribution in [0.2, 0.25) is 0 Å². The predicted molar refractivity (Wildman–Crippen MR) is 126 cm³/mol. The Morgan fingerprint density at radius 2 is 2.00 bits per heavy atom. The summed E-state index contributed by atoms with van der Waals surface area (Å²) in [6, 6.07) is 4.44. The highest BCUT2D eigenvalue weighted by atomic mass is 19.1. The fraction of sp³-hybridized carbons (Fsp3) is 0.348. The average Bonchev–Trinajstić information content (AvgIpc) is 3.49. The van der Waals surface area contributed by atoms with Gasteiger partial charge in [-0.05, 0) is 42.2 Å². The molecule has 4 rings (SSSR count). The number of rotatable bonds is 8. The zero-order valence-electron chi connectivity index (χ0n) is 18.6. The quantitative estimate of drug-likeness (QED) is 0.335. The molecule has 5 N–H and O–H groups in total. The van der Waals surface area contributed by atoms with Gasteiger partial charge < -0.3 is 26.3 Å². The number of anilines is 1. The molecule has 0 unspecified atom stereocenters. The van der Waals surface area contributed by atoms with Gasteiger partial charge in [0.25, 0.3) is 5.91 Å². The van der Waals surface area contributed by atoms with Crippen LogP contribution in [0, 0.1) is 11.2 Å². The van der Waals surface area contributed by atoms with Crippen LogP contribution in [0.15, 0.2) is 24.4 Å². The van der Waals surface area contributed by atoms with E-state index in [1.807, 2.05) is 0 Å². The Balaban J connectivity index is 1.60. The molecule has 1 amide bonds. The Morgan fingerprint density at radius 3 is 2.70 bits per heavy atom. The van der Waals surface area contributed by atoms with E-state index in [1.165, 1.54) is 25.0 Å². The number of H-pyrrole nitrogens is 1. The van der Waals surface area contributed by atoms with E-state index in [0.29, 0.717) is 39.7 Å². The van der Waals surface area contributed by atoms with Gasteiger partial charge in [0.05, 0.1) is 0 Å². The molecule has 10 heteroatoms. The first-order valence-corrected chi connectivity index (χ1v) is 10.9. The van der Waals surface area contributed by atoms with Gasteiger partial charge in [-0.3, -0.25) is 4.79 Å². The number of aromatic amines is 1. The molecule has 2 aromatic heterocycles. The Hall–Kier alpha value is -3.82. The van der Waals surface area contributed by atoms with Gasteiger partial charge >= 0.3 is 0 Å². The Morgan fingerprint density at radius 1 is 1.21 bits per heavy atom. The zero-order valence-corrected chi connectivity index (χ0v) is 18.6. The highest BCUT2D eigenvalue weighted by molar-refractivity contribution is 6.08. The average molecular weight is 451 g/mol. The Bertz CT molecular complexity index is 1210. The minimum absolute atomic E-state index is 0.0957. The van der Waals surface area contributed by atoms with E-state index in [2.05, 4.69) is 35.9 Å². The van der Waals surface area contributed by atoms with Crippen molar-refractivity contribution in [1.29, 1.82) is 5.41 Å². The molecule has 2 heterocycles. The number of carbonyl (C=O) groups excluding carboxylic acids is 1. The molecule has 1 saturated carbocycles. The van der Waals surface area contributed by atoms with Crippen LogP contribution in [0.3, 0.4) is 0 Å². The smallest absolute Gasteiger partial charge is 0.272 e. The molecule has 0 aliphatic heterocycles. The van der Waals surface area contributed by atoms with E-state index < -0.39 is 11.7 Å². The summed E-state index contributed by atoms with van der Waals surface area (Å²) in [6.07, 6.45) is 7.22. The summed E-state index contributed by atoms with van der Waals surface area (Å²) in [5.74, 6) is 0.622. The Kier molecular flexibility index (Phi) is 6.62. The van der Waals surface area contributed by atoms with E-state index in [-0.39, 0.29) is 12.2 Å². The molecular weight excluding hydrogens is 423 g/mol. The van der Waals surface area contributed by atoms with Gasteiger partial charge in [-0.25, -0.2) is 14.4 Å². The van der Waals surface area contributed by atoms with Gasteiger partial charge in [-0.1, -0.05) is 12.8 Å². The number of carbonyl (C=O) groups is 1. The molecular formula is C23H27FN8O.